The highest BCUT2D eigenvalue weighted by Crippen LogP contribution is 2.30. The summed E-state index contributed by atoms with van der Waals surface area (Å²) in [7, 11) is -1.88. The summed E-state index contributed by atoms with van der Waals surface area (Å²) < 4.78 is 28.3. The molecule has 6 nitrogen and oxygen atoms in total. The zero-order chi connectivity index (χ0) is 24.8. The van der Waals surface area contributed by atoms with Crippen LogP contribution in [0.4, 0.5) is 0 Å². The molecule has 2 aromatic rings. The summed E-state index contributed by atoms with van der Waals surface area (Å²) in [5.41, 5.74) is 3.45. The number of allylic oxidation sites excluding steroid dienone is 1. The first-order valence-electron chi connectivity index (χ1n) is 12.7. The largest absolute Gasteiger partial charge is 0.371 e. The van der Waals surface area contributed by atoms with Crippen molar-refractivity contribution in [2.24, 2.45) is 10.9 Å². The van der Waals surface area contributed by atoms with Crippen LogP contribution in [0.5, 0.6) is 0 Å². The van der Waals surface area contributed by atoms with Gasteiger partial charge in [0.2, 0.25) is 10.0 Å². The van der Waals surface area contributed by atoms with Gasteiger partial charge in [-0.15, -0.1) is 0 Å². The molecule has 0 amide bonds. The van der Waals surface area contributed by atoms with Crippen LogP contribution in [0.2, 0.25) is 0 Å². The van der Waals surface area contributed by atoms with Gasteiger partial charge < -0.3 is 9.80 Å². The van der Waals surface area contributed by atoms with E-state index in [1.165, 1.54) is 5.71 Å². The second-order valence-electron chi connectivity index (χ2n) is 9.60. The van der Waals surface area contributed by atoms with Gasteiger partial charge in [0, 0.05) is 31.4 Å². The van der Waals surface area contributed by atoms with Crippen LogP contribution in [0, 0.1) is 5.92 Å². The van der Waals surface area contributed by atoms with E-state index in [0.29, 0.717) is 10.8 Å². The fourth-order valence-corrected chi connectivity index (χ4v) is 6.58. The second kappa shape index (κ2) is 11.5. The van der Waals surface area contributed by atoms with Crippen LogP contribution < -0.4 is 0 Å². The monoisotopic (exact) mass is 494 g/mol. The number of benzene rings is 2. The topological polar surface area (TPSA) is 56.2 Å². The highest BCUT2D eigenvalue weighted by Gasteiger charge is 2.31. The fourth-order valence-electron chi connectivity index (χ4n) is 5.19. The molecule has 7 heteroatoms. The standard InChI is InChI=1S/C28H38N4O2S/c1-4-31-21-23(2)29-27(22-31)24-15-18-32(19-16-24)20-17-28(25-11-7-5-8-12-25)30(3)35(33,34)26-13-9-6-10-14-26/h5-14,21,24,28H,4,15-20,22H2,1-3H3/t28-/m0/s1. The zero-order valence-electron chi connectivity index (χ0n) is 21.2. The van der Waals surface area contributed by atoms with Gasteiger partial charge in [-0.1, -0.05) is 48.5 Å². The van der Waals surface area contributed by atoms with Gasteiger partial charge in [-0.05, 0) is 70.4 Å². The van der Waals surface area contributed by atoms with E-state index in [1.54, 1.807) is 35.6 Å². The minimum atomic E-state index is -3.59. The summed E-state index contributed by atoms with van der Waals surface area (Å²) >= 11 is 0. The Kier molecular flexibility index (Phi) is 8.42. The molecule has 0 unspecified atom stereocenters. The van der Waals surface area contributed by atoms with Gasteiger partial charge in [-0.25, -0.2) is 8.42 Å². The van der Waals surface area contributed by atoms with Crippen LogP contribution in [0.3, 0.4) is 0 Å². The number of nitrogens with zero attached hydrogens (tertiary/aromatic N) is 4. The van der Waals surface area contributed by atoms with Crippen LogP contribution in [0.15, 0.2) is 82.4 Å². The Hall–Kier alpha value is -2.48. The molecule has 1 fully saturated rings. The van der Waals surface area contributed by atoms with E-state index >= 15 is 0 Å². The molecule has 0 bridgehead atoms. The zero-order valence-corrected chi connectivity index (χ0v) is 22.0. The molecule has 0 aromatic heterocycles. The van der Waals surface area contributed by atoms with Crippen LogP contribution in [0.25, 0.3) is 0 Å². The minimum Gasteiger partial charge on any atom is -0.371 e. The third kappa shape index (κ3) is 6.21. The third-order valence-electron chi connectivity index (χ3n) is 7.28. The lowest BCUT2D eigenvalue weighted by atomic mass is 9.90. The first-order valence-corrected chi connectivity index (χ1v) is 14.1. The number of likely N-dealkylation sites (tertiary alicyclic amines) is 1. The second-order valence-corrected chi connectivity index (χ2v) is 11.6. The van der Waals surface area contributed by atoms with Crippen molar-refractivity contribution in [3.8, 4) is 0 Å². The molecule has 0 spiro atoms. The van der Waals surface area contributed by atoms with Crippen molar-refractivity contribution < 1.29 is 8.42 Å². The highest BCUT2D eigenvalue weighted by molar-refractivity contribution is 7.89. The SMILES string of the molecule is CCN1C=C(C)N=C(C2CCN(CC[C@@H](c3ccccc3)N(C)S(=O)(=O)c3ccccc3)CC2)C1. The predicted octanol–water partition coefficient (Wildman–Crippen LogP) is 4.79. The average Bonchev–Trinajstić information content (AvgIpc) is 2.89. The predicted molar refractivity (Wildman–Crippen MR) is 143 cm³/mol. The van der Waals surface area contributed by atoms with E-state index in [0.717, 1.165) is 63.2 Å². The summed E-state index contributed by atoms with van der Waals surface area (Å²) in [5, 5.41) is 0. The maximum absolute atomic E-state index is 13.4. The molecule has 0 radical (unpaired) electrons. The van der Waals surface area contributed by atoms with E-state index in [9.17, 15) is 8.42 Å². The van der Waals surface area contributed by atoms with Gasteiger partial charge in [-0.3, -0.25) is 4.99 Å². The van der Waals surface area contributed by atoms with Crippen LogP contribution >= 0.6 is 0 Å². The maximum atomic E-state index is 13.4. The molecule has 35 heavy (non-hydrogen) atoms. The van der Waals surface area contributed by atoms with Gasteiger partial charge in [0.1, 0.15) is 0 Å². The van der Waals surface area contributed by atoms with Gasteiger partial charge in [0.25, 0.3) is 0 Å². The molecule has 188 valence electrons. The molecule has 0 saturated carbocycles. The van der Waals surface area contributed by atoms with Gasteiger partial charge >= 0.3 is 0 Å². The lowest BCUT2D eigenvalue weighted by Gasteiger charge is -2.36. The van der Waals surface area contributed by atoms with E-state index in [2.05, 4.69) is 29.8 Å². The molecular formula is C28H38N4O2S. The number of piperidine rings is 1. The Bertz CT molecular complexity index is 1120. The molecule has 2 aliphatic heterocycles. The van der Waals surface area contributed by atoms with Crippen molar-refractivity contribution in [3.05, 3.63) is 78.1 Å². The molecule has 2 heterocycles. The van der Waals surface area contributed by atoms with Crippen molar-refractivity contribution in [3.63, 3.8) is 0 Å². The average molecular weight is 495 g/mol. The smallest absolute Gasteiger partial charge is 0.243 e. The number of aliphatic imine (C=N–C) groups is 1. The molecule has 2 aliphatic rings. The summed E-state index contributed by atoms with van der Waals surface area (Å²) in [6.45, 7) is 9.14. The Morgan fingerprint density at radius 2 is 1.66 bits per heavy atom. The van der Waals surface area contributed by atoms with Crippen LogP contribution in [0.1, 0.15) is 44.7 Å². The summed E-state index contributed by atoms with van der Waals surface area (Å²) in [6, 6.07) is 18.5. The Labute approximate surface area is 211 Å². The summed E-state index contributed by atoms with van der Waals surface area (Å²) in [4.78, 5) is 10.0. The molecule has 2 aromatic carbocycles. The highest BCUT2D eigenvalue weighted by atomic mass is 32.2. The first kappa shape index (κ1) is 25.6. The third-order valence-corrected chi connectivity index (χ3v) is 9.16. The van der Waals surface area contributed by atoms with Crippen LogP contribution in [-0.4, -0.2) is 68.0 Å². The number of rotatable bonds is 9. The van der Waals surface area contributed by atoms with E-state index in [4.69, 9.17) is 4.99 Å². The fraction of sp³-hybridized carbons (Fsp3) is 0.464. The number of hydrogen-bond donors (Lipinski definition) is 0. The van der Waals surface area contributed by atoms with Crippen LogP contribution in [-0.2, 0) is 10.0 Å². The lowest BCUT2D eigenvalue weighted by Crippen LogP contribution is -2.41. The molecule has 1 atom stereocenters. The van der Waals surface area contributed by atoms with E-state index in [1.807, 2.05) is 36.4 Å². The quantitative estimate of drug-likeness (QED) is 0.503. The van der Waals surface area contributed by atoms with Crippen molar-refractivity contribution in [1.82, 2.24) is 14.1 Å². The van der Waals surface area contributed by atoms with Crippen molar-refractivity contribution >= 4 is 15.7 Å². The van der Waals surface area contributed by atoms with Gasteiger partial charge in [-0.2, -0.15) is 4.31 Å². The first-order chi connectivity index (χ1) is 16.9. The van der Waals surface area contributed by atoms with Crippen molar-refractivity contribution in [2.45, 2.75) is 44.0 Å². The molecule has 4 rings (SSSR count). The van der Waals surface area contributed by atoms with Crippen molar-refractivity contribution in [1.29, 1.82) is 0 Å². The summed E-state index contributed by atoms with van der Waals surface area (Å²) in [6.07, 6.45) is 5.13. The van der Waals surface area contributed by atoms with Gasteiger partial charge in [0.15, 0.2) is 0 Å². The molecule has 0 aliphatic carbocycles. The lowest BCUT2D eigenvalue weighted by molar-refractivity contribution is 0.189. The van der Waals surface area contributed by atoms with E-state index in [-0.39, 0.29) is 6.04 Å². The number of hydrogen-bond acceptors (Lipinski definition) is 5. The Balaban J connectivity index is 1.41. The Morgan fingerprint density at radius 1 is 1.03 bits per heavy atom. The minimum absolute atomic E-state index is 0.215. The molecule has 0 N–H and O–H groups in total. The maximum Gasteiger partial charge on any atom is 0.243 e. The van der Waals surface area contributed by atoms with E-state index < -0.39 is 10.0 Å². The van der Waals surface area contributed by atoms with Gasteiger partial charge in [0.05, 0.1) is 23.2 Å². The Morgan fingerprint density at radius 3 is 2.29 bits per heavy atom. The molecular weight excluding hydrogens is 456 g/mol. The number of sulfonamides is 1. The summed E-state index contributed by atoms with van der Waals surface area (Å²) in [5.74, 6) is 0.537. The normalized spacial score (nSPS) is 18.9. The molecule has 1 saturated heterocycles. The van der Waals surface area contributed by atoms with Crippen molar-refractivity contribution in [2.75, 3.05) is 39.8 Å².